The van der Waals surface area contributed by atoms with Gasteiger partial charge >= 0.3 is 0 Å². The van der Waals surface area contributed by atoms with Gasteiger partial charge in [-0.25, -0.2) is 0 Å². The molecule has 5 heteroatoms. The molecule has 1 atom stereocenters. The van der Waals surface area contributed by atoms with Crippen molar-refractivity contribution in [3.63, 3.8) is 0 Å². The smallest absolute Gasteiger partial charge is 0.249 e. The maximum absolute atomic E-state index is 12.7. The molecule has 124 valence electrons. The molecule has 0 radical (unpaired) electrons. The highest BCUT2D eigenvalue weighted by atomic mass is 16.2. The number of benzene rings is 1. The van der Waals surface area contributed by atoms with Crippen molar-refractivity contribution in [2.45, 2.75) is 57.0 Å². The largest absolute Gasteiger partial charge is 0.343 e. The lowest BCUT2D eigenvalue weighted by molar-refractivity contribution is -0.131. The minimum Gasteiger partial charge on any atom is -0.343 e. The highest BCUT2D eigenvalue weighted by Crippen LogP contribution is 2.28. The SMILES string of the molecule is Cc1ccc(N2CCCC(NC(=O)C3(N)CCCC3)C2=O)cc1. The summed E-state index contributed by atoms with van der Waals surface area (Å²) in [4.78, 5) is 27.0. The van der Waals surface area contributed by atoms with Gasteiger partial charge in [-0.3, -0.25) is 9.59 Å². The normalized spacial score (nSPS) is 23.8. The molecule has 1 aromatic carbocycles. The van der Waals surface area contributed by atoms with Gasteiger partial charge in [0.1, 0.15) is 6.04 Å². The van der Waals surface area contributed by atoms with E-state index in [0.717, 1.165) is 30.5 Å². The van der Waals surface area contributed by atoms with Crippen LogP contribution in [0.3, 0.4) is 0 Å². The minimum absolute atomic E-state index is 0.0324. The number of piperidine rings is 1. The van der Waals surface area contributed by atoms with Crippen molar-refractivity contribution < 1.29 is 9.59 Å². The number of rotatable bonds is 3. The molecule has 1 aromatic rings. The molecule has 3 N–H and O–H groups in total. The molecule has 3 rings (SSSR count). The van der Waals surface area contributed by atoms with Gasteiger partial charge in [-0.2, -0.15) is 0 Å². The van der Waals surface area contributed by atoms with Gasteiger partial charge in [-0.15, -0.1) is 0 Å². The molecule has 2 fully saturated rings. The van der Waals surface area contributed by atoms with Crippen molar-refractivity contribution in [2.75, 3.05) is 11.4 Å². The van der Waals surface area contributed by atoms with Crippen LogP contribution in [0.1, 0.15) is 44.1 Å². The predicted octanol–water partition coefficient (Wildman–Crippen LogP) is 1.88. The molecule has 2 aliphatic rings. The van der Waals surface area contributed by atoms with Crippen LogP contribution in [0.2, 0.25) is 0 Å². The van der Waals surface area contributed by atoms with E-state index in [2.05, 4.69) is 5.32 Å². The Morgan fingerprint density at radius 1 is 1.22 bits per heavy atom. The molecule has 1 saturated carbocycles. The minimum atomic E-state index is -0.785. The van der Waals surface area contributed by atoms with Crippen LogP contribution in [0.15, 0.2) is 24.3 Å². The van der Waals surface area contributed by atoms with E-state index in [4.69, 9.17) is 5.73 Å². The summed E-state index contributed by atoms with van der Waals surface area (Å²) in [6, 6.07) is 7.45. The second kappa shape index (κ2) is 6.32. The van der Waals surface area contributed by atoms with Crippen molar-refractivity contribution >= 4 is 17.5 Å². The maximum atomic E-state index is 12.7. The Hall–Kier alpha value is -1.88. The Bertz CT molecular complexity index is 591. The van der Waals surface area contributed by atoms with Crippen LogP contribution in [0.5, 0.6) is 0 Å². The van der Waals surface area contributed by atoms with Crippen LogP contribution < -0.4 is 16.0 Å². The van der Waals surface area contributed by atoms with Crippen LogP contribution in [-0.4, -0.2) is 29.9 Å². The Morgan fingerprint density at radius 3 is 2.52 bits per heavy atom. The number of carbonyl (C=O) groups excluding carboxylic acids is 2. The van der Waals surface area contributed by atoms with E-state index in [1.165, 1.54) is 0 Å². The summed E-state index contributed by atoms with van der Waals surface area (Å²) in [5.41, 5.74) is 7.46. The van der Waals surface area contributed by atoms with E-state index in [-0.39, 0.29) is 11.8 Å². The number of hydrogen-bond acceptors (Lipinski definition) is 3. The third kappa shape index (κ3) is 3.24. The van der Waals surface area contributed by atoms with Gasteiger partial charge in [-0.1, -0.05) is 30.5 Å². The van der Waals surface area contributed by atoms with E-state index in [1.54, 1.807) is 4.90 Å². The molecule has 5 nitrogen and oxygen atoms in total. The Balaban J connectivity index is 1.70. The first-order valence-corrected chi connectivity index (χ1v) is 8.47. The number of aryl methyl sites for hydroxylation is 1. The van der Waals surface area contributed by atoms with Crippen molar-refractivity contribution in [1.82, 2.24) is 5.32 Å². The van der Waals surface area contributed by atoms with Gasteiger partial charge in [0.05, 0.1) is 5.54 Å². The predicted molar refractivity (Wildman–Crippen MR) is 90.1 cm³/mol. The number of hydrogen-bond donors (Lipinski definition) is 2. The highest BCUT2D eigenvalue weighted by molar-refractivity contribution is 6.01. The fourth-order valence-corrected chi connectivity index (χ4v) is 3.53. The van der Waals surface area contributed by atoms with E-state index in [1.807, 2.05) is 31.2 Å². The lowest BCUT2D eigenvalue weighted by Gasteiger charge is -2.34. The number of carbonyl (C=O) groups is 2. The second-order valence-corrected chi connectivity index (χ2v) is 6.86. The number of nitrogens with two attached hydrogens (primary N) is 1. The molecule has 1 aliphatic heterocycles. The average Bonchev–Trinajstić information content (AvgIpc) is 2.98. The standard InChI is InChI=1S/C18H25N3O2/c1-13-6-8-14(9-7-13)21-12-4-5-15(16(21)22)20-17(23)18(19)10-2-3-11-18/h6-9,15H,2-5,10-12,19H2,1H3,(H,20,23). The first-order chi connectivity index (χ1) is 11.0. The topological polar surface area (TPSA) is 75.4 Å². The summed E-state index contributed by atoms with van der Waals surface area (Å²) in [7, 11) is 0. The van der Waals surface area contributed by atoms with E-state index >= 15 is 0 Å². The number of nitrogens with one attached hydrogen (secondary N) is 1. The van der Waals surface area contributed by atoms with Crippen molar-refractivity contribution in [2.24, 2.45) is 5.73 Å². The lowest BCUT2D eigenvalue weighted by atomic mass is 9.96. The monoisotopic (exact) mass is 315 g/mol. The molecule has 1 heterocycles. The molecule has 23 heavy (non-hydrogen) atoms. The summed E-state index contributed by atoms with van der Waals surface area (Å²) in [5, 5.41) is 2.91. The van der Waals surface area contributed by atoms with Gasteiger partial charge in [0.15, 0.2) is 0 Å². The highest BCUT2D eigenvalue weighted by Gasteiger charge is 2.40. The van der Waals surface area contributed by atoms with Gasteiger partial charge in [0.2, 0.25) is 11.8 Å². The molecular weight excluding hydrogens is 290 g/mol. The van der Waals surface area contributed by atoms with Crippen LogP contribution in [0.25, 0.3) is 0 Å². The van der Waals surface area contributed by atoms with Crippen LogP contribution >= 0.6 is 0 Å². The van der Waals surface area contributed by atoms with Crippen molar-refractivity contribution in [1.29, 1.82) is 0 Å². The first kappa shape index (κ1) is 16.0. The third-order valence-electron chi connectivity index (χ3n) is 5.04. The summed E-state index contributed by atoms with van der Waals surface area (Å²) >= 11 is 0. The van der Waals surface area contributed by atoms with Crippen molar-refractivity contribution in [3.8, 4) is 0 Å². The van der Waals surface area contributed by atoms with Crippen LogP contribution in [0.4, 0.5) is 5.69 Å². The van der Waals surface area contributed by atoms with Gasteiger partial charge in [0.25, 0.3) is 0 Å². The molecule has 1 saturated heterocycles. The summed E-state index contributed by atoms with van der Waals surface area (Å²) in [5.74, 6) is -0.200. The first-order valence-electron chi connectivity index (χ1n) is 8.47. The number of amides is 2. The van der Waals surface area contributed by atoms with Crippen LogP contribution in [-0.2, 0) is 9.59 Å². The van der Waals surface area contributed by atoms with Gasteiger partial charge in [-0.05, 0) is 44.7 Å². The summed E-state index contributed by atoms with van der Waals surface area (Å²) in [6.45, 7) is 2.72. The maximum Gasteiger partial charge on any atom is 0.249 e. The quantitative estimate of drug-likeness (QED) is 0.894. The molecule has 0 bridgehead atoms. The second-order valence-electron chi connectivity index (χ2n) is 6.86. The number of nitrogens with zero attached hydrogens (tertiary/aromatic N) is 1. The van der Waals surface area contributed by atoms with Crippen LogP contribution in [0, 0.1) is 6.92 Å². The van der Waals surface area contributed by atoms with Gasteiger partial charge < -0.3 is 16.0 Å². The molecule has 2 amide bonds. The average molecular weight is 315 g/mol. The summed E-state index contributed by atoms with van der Waals surface area (Å²) in [6.07, 6.45) is 4.95. The zero-order valence-corrected chi connectivity index (χ0v) is 13.7. The Morgan fingerprint density at radius 2 is 1.87 bits per heavy atom. The molecule has 1 aliphatic carbocycles. The van der Waals surface area contributed by atoms with E-state index in [9.17, 15) is 9.59 Å². The number of anilines is 1. The van der Waals surface area contributed by atoms with E-state index in [0.29, 0.717) is 25.8 Å². The fourth-order valence-electron chi connectivity index (χ4n) is 3.53. The molecule has 0 aromatic heterocycles. The summed E-state index contributed by atoms with van der Waals surface area (Å²) < 4.78 is 0. The zero-order valence-electron chi connectivity index (χ0n) is 13.7. The zero-order chi connectivity index (χ0) is 16.4. The fraction of sp³-hybridized carbons (Fsp3) is 0.556. The molecular formula is C18H25N3O2. The Kier molecular flexibility index (Phi) is 4.39. The van der Waals surface area contributed by atoms with E-state index < -0.39 is 11.6 Å². The molecule has 1 unspecified atom stereocenters. The Labute approximate surface area is 137 Å². The third-order valence-corrected chi connectivity index (χ3v) is 5.04. The lowest BCUT2D eigenvalue weighted by Crippen LogP contribution is -2.59. The van der Waals surface area contributed by atoms with Crippen molar-refractivity contribution in [3.05, 3.63) is 29.8 Å². The molecule has 0 spiro atoms. The van der Waals surface area contributed by atoms with Gasteiger partial charge in [0, 0.05) is 12.2 Å².